The Balaban J connectivity index is 1.44. The lowest BCUT2D eigenvalue weighted by atomic mass is 9.92. The van der Waals surface area contributed by atoms with Crippen molar-refractivity contribution in [2.45, 2.75) is 32.4 Å². The molecule has 0 radical (unpaired) electrons. The van der Waals surface area contributed by atoms with E-state index in [2.05, 4.69) is 16.8 Å². The first-order valence-corrected chi connectivity index (χ1v) is 12.4. The van der Waals surface area contributed by atoms with Crippen LogP contribution < -0.4 is 10.4 Å². The van der Waals surface area contributed by atoms with Gasteiger partial charge in [0.05, 0.1) is 11.0 Å². The molecule has 2 aliphatic heterocycles. The zero-order valence-corrected chi connectivity index (χ0v) is 20.1. The van der Waals surface area contributed by atoms with E-state index >= 15 is 0 Å². The molecule has 5 nitrogen and oxygen atoms in total. The summed E-state index contributed by atoms with van der Waals surface area (Å²) in [5.41, 5.74) is 5.52. The number of likely N-dealkylation sites (tertiary alicyclic amines) is 1. The Labute approximate surface area is 207 Å². The smallest absolute Gasteiger partial charge is 0.326 e. The Morgan fingerprint density at radius 1 is 1.00 bits per heavy atom. The average Bonchev–Trinajstić information content (AvgIpc) is 3.13. The van der Waals surface area contributed by atoms with Crippen LogP contribution in [-0.2, 0) is 6.61 Å². The molecule has 4 aromatic rings. The maximum atomic E-state index is 14.0. The first-order chi connectivity index (χ1) is 17.5. The van der Waals surface area contributed by atoms with Gasteiger partial charge >= 0.3 is 5.69 Å². The molecule has 1 aromatic heterocycles. The van der Waals surface area contributed by atoms with Gasteiger partial charge in [0.2, 0.25) is 0 Å². The average molecular weight is 488 g/mol. The van der Waals surface area contributed by atoms with E-state index in [9.17, 15) is 13.6 Å². The van der Waals surface area contributed by atoms with Gasteiger partial charge in [0.15, 0.2) is 0 Å². The number of aromatic amines is 1. The zero-order valence-electron chi connectivity index (χ0n) is 20.1. The van der Waals surface area contributed by atoms with Crippen molar-refractivity contribution in [1.29, 1.82) is 0 Å². The van der Waals surface area contributed by atoms with Crippen LogP contribution in [0.15, 0.2) is 59.4 Å². The number of halogens is 2. The minimum Gasteiger partial charge on any atom is -0.488 e. The lowest BCUT2D eigenvalue weighted by Crippen LogP contribution is -2.36. The van der Waals surface area contributed by atoms with Crippen molar-refractivity contribution in [2.24, 2.45) is 0 Å². The summed E-state index contributed by atoms with van der Waals surface area (Å²) in [6.45, 7) is 5.33. The summed E-state index contributed by atoms with van der Waals surface area (Å²) in [4.78, 5) is 18.4. The summed E-state index contributed by atoms with van der Waals surface area (Å²) in [6, 6.07) is 15.2. The number of rotatable bonds is 3. The number of fused-ring (bicyclic) bond motifs is 3. The Kier molecular flexibility index (Phi) is 5.72. The summed E-state index contributed by atoms with van der Waals surface area (Å²) < 4.78 is 35.7. The van der Waals surface area contributed by atoms with Gasteiger partial charge in [-0.15, -0.1) is 0 Å². The molecule has 0 atom stereocenters. The second-order valence-corrected chi connectivity index (χ2v) is 9.53. The minimum atomic E-state index is -0.393. The van der Waals surface area contributed by atoms with Crippen LogP contribution in [0.3, 0.4) is 0 Å². The first kappa shape index (κ1) is 22.7. The molecule has 7 heteroatoms. The lowest BCUT2D eigenvalue weighted by molar-refractivity contribution is 0.195. The maximum absolute atomic E-state index is 14.0. The highest BCUT2D eigenvalue weighted by molar-refractivity contribution is 5.95. The van der Waals surface area contributed by atoms with E-state index < -0.39 is 5.82 Å². The largest absolute Gasteiger partial charge is 0.488 e. The molecular weight excluding hydrogens is 460 g/mol. The van der Waals surface area contributed by atoms with Crippen LogP contribution in [0.5, 0.6) is 5.75 Å². The second-order valence-electron chi connectivity index (χ2n) is 9.53. The standard InChI is InChI=1S/C29H27F2N3O2/c1-2-33-11-9-22(10-12-33)34-27-8-3-18(14-26(27)32-29(34)35)13-25-23-6-4-20(30)15-19(23)17-36-28-16-21(31)5-7-24(25)28/h3-8,13-16,22H,2,9-12,17H2,1H3,(H,32,35). The highest BCUT2D eigenvalue weighted by atomic mass is 19.1. The van der Waals surface area contributed by atoms with Gasteiger partial charge in [-0.3, -0.25) is 4.57 Å². The van der Waals surface area contributed by atoms with E-state index in [4.69, 9.17) is 4.74 Å². The fraction of sp³-hybridized carbons (Fsp3) is 0.276. The molecule has 0 spiro atoms. The number of ether oxygens (including phenoxy) is 1. The summed E-state index contributed by atoms with van der Waals surface area (Å²) >= 11 is 0. The number of imidazole rings is 1. The molecule has 3 aromatic carbocycles. The fourth-order valence-electron chi connectivity index (χ4n) is 5.50. The molecule has 1 N–H and O–H groups in total. The van der Waals surface area contributed by atoms with Gasteiger partial charge in [0, 0.05) is 36.3 Å². The van der Waals surface area contributed by atoms with E-state index in [1.165, 1.54) is 24.3 Å². The number of benzene rings is 3. The van der Waals surface area contributed by atoms with Crippen molar-refractivity contribution in [1.82, 2.24) is 14.5 Å². The van der Waals surface area contributed by atoms with Gasteiger partial charge in [-0.1, -0.05) is 19.1 Å². The molecule has 3 heterocycles. The highest BCUT2D eigenvalue weighted by Gasteiger charge is 2.24. The van der Waals surface area contributed by atoms with E-state index in [-0.39, 0.29) is 24.2 Å². The quantitative estimate of drug-likeness (QED) is 0.401. The van der Waals surface area contributed by atoms with Gasteiger partial charge in [0.1, 0.15) is 24.0 Å². The molecule has 184 valence electrons. The predicted molar refractivity (Wildman–Crippen MR) is 137 cm³/mol. The van der Waals surface area contributed by atoms with Crippen LogP contribution in [0.2, 0.25) is 0 Å². The van der Waals surface area contributed by atoms with Gasteiger partial charge in [0.25, 0.3) is 0 Å². The Bertz CT molecular complexity index is 1490. The van der Waals surface area contributed by atoms with Crippen molar-refractivity contribution in [3.8, 4) is 5.75 Å². The van der Waals surface area contributed by atoms with E-state index in [0.29, 0.717) is 11.3 Å². The number of H-pyrrole nitrogens is 1. The Morgan fingerprint density at radius 2 is 1.75 bits per heavy atom. The third-order valence-corrected chi connectivity index (χ3v) is 7.40. The van der Waals surface area contributed by atoms with E-state index in [1.807, 2.05) is 28.8 Å². The molecule has 1 saturated heterocycles. The van der Waals surface area contributed by atoms with Gasteiger partial charge < -0.3 is 14.6 Å². The molecule has 0 saturated carbocycles. The number of aromatic nitrogens is 2. The first-order valence-electron chi connectivity index (χ1n) is 12.4. The highest BCUT2D eigenvalue weighted by Crippen LogP contribution is 2.39. The van der Waals surface area contributed by atoms with Crippen LogP contribution in [0.25, 0.3) is 22.7 Å². The third kappa shape index (κ3) is 4.03. The molecular formula is C29H27F2N3O2. The van der Waals surface area contributed by atoms with Crippen molar-refractivity contribution in [2.75, 3.05) is 19.6 Å². The SMILES string of the molecule is CCN1CCC(n2c(=O)[nH]c3cc(C=C4c5ccc(F)cc5COc5cc(F)ccc54)ccc32)CC1. The number of hydrogen-bond donors (Lipinski definition) is 1. The molecule has 2 aliphatic rings. The van der Waals surface area contributed by atoms with E-state index in [1.54, 1.807) is 12.1 Å². The number of nitrogens with one attached hydrogen (secondary N) is 1. The summed E-state index contributed by atoms with van der Waals surface area (Å²) in [6.07, 6.45) is 3.89. The van der Waals surface area contributed by atoms with Crippen molar-refractivity contribution in [3.63, 3.8) is 0 Å². The van der Waals surface area contributed by atoms with Crippen LogP contribution >= 0.6 is 0 Å². The molecule has 0 unspecified atom stereocenters. The van der Waals surface area contributed by atoms with Crippen LogP contribution in [0.4, 0.5) is 8.78 Å². The number of hydrogen-bond acceptors (Lipinski definition) is 3. The second kappa shape index (κ2) is 9.06. The number of nitrogens with zero attached hydrogens (tertiary/aromatic N) is 2. The van der Waals surface area contributed by atoms with E-state index in [0.717, 1.165) is 65.8 Å². The van der Waals surface area contributed by atoms with Crippen molar-refractivity contribution >= 4 is 22.7 Å². The molecule has 0 bridgehead atoms. The monoisotopic (exact) mass is 487 g/mol. The fourth-order valence-corrected chi connectivity index (χ4v) is 5.50. The van der Waals surface area contributed by atoms with Crippen molar-refractivity contribution < 1.29 is 13.5 Å². The molecule has 1 fully saturated rings. The Morgan fingerprint density at radius 3 is 2.53 bits per heavy atom. The summed E-state index contributed by atoms with van der Waals surface area (Å²) in [5.74, 6) is -0.328. The molecule has 6 rings (SSSR count). The minimum absolute atomic E-state index is 0.0886. The predicted octanol–water partition coefficient (Wildman–Crippen LogP) is 5.75. The summed E-state index contributed by atoms with van der Waals surface area (Å²) in [5, 5.41) is 0. The third-order valence-electron chi connectivity index (χ3n) is 7.40. The number of piperidine rings is 1. The topological polar surface area (TPSA) is 50.3 Å². The van der Waals surface area contributed by atoms with Crippen LogP contribution in [0, 0.1) is 11.6 Å². The van der Waals surface area contributed by atoms with Gasteiger partial charge in [-0.25, -0.2) is 13.6 Å². The zero-order chi connectivity index (χ0) is 24.8. The lowest BCUT2D eigenvalue weighted by Gasteiger charge is -2.31. The molecule has 0 aliphatic carbocycles. The molecule has 36 heavy (non-hydrogen) atoms. The Hall–Kier alpha value is -3.71. The summed E-state index contributed by atoms with van der Waals surface area (Å²) in [7, 11) is 0. The maximum Gasteiger partial charge on any atom is 0.326 e. The normalized spacial score (nSPS) is 17.6. The van der Waals surface area contributed by atoms with Gasteiger partial charge in [-0.05, 0) is 78.6 Å². The molecule has 0 amide bonds. The van der Waals surface area contributed by atoms with Crippen LogP contribution in [0.1, 0.15) is 48.1 Å². The van der Waals surface area contributed by atoms with Crippen LogP contribution in [-0.4, -0.2) is 34.1 Å². The van der Waals surface area contributed by atoms with Gasteiger partial charge in [-0.2, -0.15) is 0 Å². The van der Waals surface area contributed by atoms with Crippen molar-refractivity contribution in [3.05, 3.63) is 99.0 Å².